The molecule has 1 aliphatic carbocycles. The molecule has 2 rings (SSSR count). The van der Waals surface area contributed by atoms with Gasteiger partial charge in [0, 0.05) is 18.9 Å². The molecule has 1 fully saturated rings. The highest BCUT2D eigenvalue weighted by molar-refractivity contribution is 5.90. The van der Waals surface area contributed by atoms with E-state index in [2.05, 4.69) is 15.6 Å². The number of pyridine rings is 1. The molecular formula is C12H12F5N3O. The van der Waals surface area contributed by atoms with Gasteiger partial charge in [0.05, 0.1) is 11.4 Å². The van der Waals surface area contributed by atoms with Crippen LogP contribution in [0.1, 0.15) is 24.2 Å². The third-order valence-electron chi connectivity index (χ3n) is 3.05. The average Bonchev–Trinajstić information content (AvgIpc) is 2.28. The Morgan fingerprint density at radius 2 is 1.95 bits per heavy atom. The zero-order valence-electron chi connectivity index (χ0n) is 10.9. The van der Waals surface area contributed by atoms with Gasteiger partial charge in [0.25, 0.3) is 5.92 Å². The van der Waals surface area contributed by atoms with Crippen molar-refractivity contribution in [2.75, 3.05) is 5.32 Å². The highest BCUT2D eigenvalue weighted by Gasteiger charge is 2.46. The van der Waals surface area contributed by atoms with E-state index in [0.717, 1.165) is 12.1 Å². The number of hydrogen-bond acceptors (Lipinski definition) is 2. The topological polar surface area (TPSA) is 54.0 Å². The highest BCUT2D eigenvalue weighted by atomic mass is 19.4. The van der Waals surface area contributed by atoms with Crippen molar-refractivity contribution in [3.63, 3.8) is 0 Å². The monoisotopic (exact) mass is 309 g/mol. The fraction of sp³-hybridized carbons (Fsp3) is 0.500. The summed E-state index contributed by atoms with van der Waals surface area (Å²) in [6, 6.07) is 0.420. The number of alkyl halides is 5. The molecule has 1 heterocycles. The van der Waals surface area contributed by atoms with Gasteiger partial charge < -0.3 is 10.6 Å². The first-order chi connectivity index (χ1) is 9.57. The molecule has 0 atom stereocenters. The van der Waals surface area contributed by atoms with Gasteiger partial charge in [-0.15, -0.1) is 0 Å². The number of urea groups is 1. The Morgan fingerprint density at radius 3 is 2.43 bits per heavy atom. The van der Waals surface area contributed by atoms with Gasteiger partial charge in [-0.1, -0.05) is 0 Å². The summed E-state index contributed by atoms with van der Waals surface area (Å²) in [4.78, 5) is 14.9. The summed E-state index contributed by atoms with van der Waals surface area (Å²) in [5, 5.41) is 4.60. The Labute approximate surface area is 116 Å². The van der Waals surface area contributed by atoms with Crippen LogP contribution >= 0.6 is 0 Å². The van der Waals surface area contributed by atoms with Crippen LogP contribution in [0.2, 0.25) is 0 Å². The molecule has 0 saturated heterocycles. The minimum absolute atomic E-state index is 0.0149. The summed E-state index contributed by atoms with van der Waals surface area (Å²) < 4.78 is 62.5. The van der Waals surface area contributed by atoms with Gasteiger partial charge in [-0.3, -0.25) is 0 Å². The Bertz CT molecular complexity index is 550. The molecule has 116 valence electrons. The van der Waals surface area contributed by atoms with Crippen molar-refractivity contribution < 1.29 is 26.7 Å². The quantitative estimate of drug-likeness (QED) is 0.823. The summed E-state index contributed by atoms with van der Waals surface area (Å²) in [7, 11) is 0. The first-order valence-corrected chi connectivity index (χ1v) is 6.07. The van der Waals surface area contributed by atoms with Crippen LogP contribution in [0.25, 0.3) is 0 Å². The number of carbonyl (C=O) groups excluding carboxylic acids is 1. The van der Waals surface area contributed by atoms with E-state index >= 15 is 0 Å². The molecular weight excluding hydrogens is 297 g/mol. The number of aromatic nitrogens is 1. The normalized spacial score (nSPS) is 18.0. The van der Waals surface area contributed by atoms with Crippen molar-refractivity contribution in [1.29, 1.82) is 0 Å². The largest absolute Gasteiger partial charge is 0.433 e. The van der Waals surface area contributed by atoms with Gasteiger partial charge in [-0.05, 0) is 19.1 Å². The van der Waals surface area contributed by atoms with Crippen LogP contribution in [0, 0.1) is 6.92 Å². The summed E-state index contributed by atoms with van der Waals surface area (Å²) in [5.41, 5.74) is -0.991. The molecule has 0 aliphatic heterocycles. The minimum atomic E-state index is -4.57. The van der Waals surface area contributed by atoms with E-state index in [1.807, 2.05) is 0 Å². The van der Waals surface area contributed by atoms with Crippen LogP contribution in [-0.2, 0) is 6.18 Å². The molecule has 2 N–H and O–H groups in total. The zero-order valence-corrected chi connectivity index (χ0v) is 10.9. The SMILES string of the molecule is Cc1nc(C(F)(F)F)ccc1NC(=O)NC1CC(F)(F)C1. The first-order valence-electron chi connectivity index (χ1n) is 6.07. The summed E-state index contributed by atoms with van der Waals surface area (Å²) in [6.07, 6.45) is -5.45. The van der Waals surface area contributed by atoms with Gasteiger partial charge in [0.15, 0.2) is 0 Å². The van der Waals surface area contributed by atoms with Crippen molar-refractivity contribution in [2.24, 2.45) is 0 Å². The highest BCUT2D eigenvalue weighted by Crippen LogP contribution is 2.37. The smallest absolute Gasteiger partial charge is 0.335 e. The predicted octanol–water partition coefficient (Wildman–Crippen LogP) is 3.33. The number of anilines is 1. The number of halogens is 5. The molecule has 21 heavy (non-hydrogen) atoms. The Balaban J connectivity index is 1.95. The summed E-state index contributed by atoms with van der Waals surface area (Å²) >= 11 is 0. The van der Waals surface area contributed by atoms with Crippen molar-refractivity contribution in [2.45, 2.75) is 37.9 Å². The van der Waals surface area contributed by atoms with Crippen LogP contribution in [-0.4, -0.2) is 23.0 Å². The zero-order chi connectivity index (χ0) is 15.8. The molecule has 0 radical (unpaired) electrons. The molecule has 4 nitrogen and oxygen atoms in total. The average molecular weight is 309 g/mol. The van der Waals surface area contributed by atoms with Crippen LogP contribution in [0.3, 0.4) is 0 Å². The van der Waals surface area contributed by atoms with E-state index in [1.54, 1.807) is 0 Å². The van der Waals surface area contributed by atoms with Crippen molar-refractivity contribution in [1.82, 2.24) is 10.3 Å². The summed E-state index contributed by atoms with van der Waals surface area (Å²) in [5.74, 6) is -2.76. The lowest BCUT2D eigenvalue weighted by molar-refractivity contribution is -0.141. The maximum atomic E-state index is 12.6. The number of hydrogen-bond donors (Lipinski definition) is 2. The molecule has 2 amide bonds. The fourth-order valence-electron chi connectivity index (χ4n) is 1.96. The van der Waals surface area contributed by atoms with Gasteiger partial charge in [0.2, 0.25) is 0 Å². The molecule has 0 spiro atoms. The minimum Gasteiger partial charge on any atom is -0.335 e. The number of aryl methyl sites for hydroxylation is 1. The Morgan fingerprint density at radius 1 is 1.33 bits per heavy atom. The third kappa shape index (κ3) is 3.79. The van der Waals surface area contributed by atoms with E-state index in [1.165, 1.54) is 6.92 Å². The number of nitrogens with one attached hydrogen (secondary N) is 2. The van der Waals surface area contributed by atoms with E-state index in [9.17, 15) is 26.7 Å². The standard InChI is InChI=1S/C12H12F5N3O/c1-6-8(2-3-9(18-6)12(15,16)17)20-10(21)19-7-4-11(13,14)5-7/h2-3,7H,4-5H2,1H3,(H2,19,20,21). The molecule has 0 aromatic carbocycles. The van der Waals surface area contributed by atoms with Crippen LogP contribution in [0.15, 0.2) is 12.1 Å². The fourth-order valence-corrected chi connectivity index (χ4v) is 1.96. The van der Waals surface area contributed by atoms with E-state index in [0.29, 0.717) is 0 Å². The second-order valence-electron chi connectivity index (χ2n) is 4.89. The Kier molecular flexibility index (Phi) is 3.77. The number of carbonyl (C=O) groups is 1. The van der Waals surface area contributed by atoms with Crippen molar-refractivity contribution in [3.05, 3.63) is 23.5 Å². The lowest BCUT2D eigenvalue weighted by atomic mass is 9.88. The lowest BCUT2D eigenvalue weighted by Crippen LogP contribution is -2.51. The van der Waals surface area contributed by atoms with Crippen LogP contribution < -0.4 is 10.6 Å². The van der Waals surface area contributed by atoms with Gasteiger partial charge >= 0.3 is 12.2 Å². The number of rotatable bonds is 2. The van der Waals surface area contributed by atoms with Crippen LogP contribution in [0.4, 0.5) is 32.4 Å². The van der Waals surface area contributed by atoms with Gasteiger partial charge in [-0.25, -0.2) is 18.6 Å². The predicted molar refractivity (Wildman–Crippen MR) is 64.1 cm³/mol. The maximum absolute atomic E-state index is 12.6. The van der Waals surface area contributed by atoms with Crippen molar-refractivity contribution >= 4 is 11.7 Å². The van der Waals surface area contributed by atoms with Gasteiger partial charge in [-0.2, -0.15) is 13.2 Å². The maximum Gasteiger partial charge on any atom is 0.433 e. The molecule has 1 saturated carbocycles. The van der Waals surface area contributed by atoms with E-state index in [4.69, 9.17) is 0 Å². The summed E-state index contributed by atoms with van der Waals surface area (Å²) in [6.45, 7) is 1.31. The van der Waals surface area contributed by atoms with E-state index in [-0.39, 0.29) is 11.4 Å². The van der Waals surface area contributed by atoms with Crippen molar-refractivity contribution in [3.8, 4) is 0 Å². The van der Waals surface area contributed by atoms with Crippen LogP contribution in [0.5, 0.6) is 0 Å². The number of amides is 2. The second-order valence-corrected chi connectivity index (χ2v) is 4.89. The molecule has 0 bridgehead atoms. The third-order valence-corrected chi connectivity index (χ3v) is 3.05. The Hall–Kier alpha value is -1.93. The molecule has 1 aromatic heterocycles. The number of nitrogens with zero attached hydrogens (tertiary/aromatic N) is 1. The van der Waals surface area contributed by atoms with Gasteiger partial charge in [0.1, 0.15) is 5.69 Å². The molecule has 0 unspecified atom stereocenters. The molecule has 9 heteroatoms. The lowest BCUT2D eigenvalue weighted by Gasteiger charge is -2.35. The second kappa shape index (κ2) is 5.12. The first kappa shape index (κ1) is 15.5. The van der Waals surface area contributed by atoms with E-state index < -0.39 is 42.7 Å². The molecule has 1 aliphatic rings. The molecule has 1 aromatic rings.